The predicted molar refractivity (Wildman–Crippen MR) is 89.2 cm³/mol. The van der Waals surface area contributed by atoms with Crippen molar-refractivity contribution in [1.29, 1.82) is 0 Å². The van der Waals surface area contributed by atoms with Crippen LogP contribution in [-0.2, 0) is 19.4 Å². The maximum absolute atomic E-state index is 10.9. The van der Waals surface area contributed by atoms with E-state index in [0.717, 1.165) is 16.7 Å². The first-order chi connectivity index (χ1) is 10.0. The first-order valence-corrected chi connectivity index (χ1v) is 8.44. The van der Waals surface area contributed by atoms with Gasteiger partial charge in [0, 0.05) is 38.1 Å². The van der Waals surface area contributed by atoms with E-state index in [2.05, 4.69) is 27.3 Å². The lowest BCUT2D eigenvalue weighted by Gasteiger charge is -2.09. The summed E-state index contributed by atoms with van der Waals surface area (Å²) in [6.07, 6.45) is 3.69. The van der Waals surface area contributed by atoms with Crippen LogP contribution in [0.3, 0.4) is 0 Å². The van der Waals surface area contributed by atoms with E-state index in [1.165, 1.54) is 34.6 Å². The van der Waals surface area contributed by atoms with Gasteiger partial charge >= 0.3 is 0 Å². The largest absolute Gasteiger partial charge is 0.379 e. The lowest BCUT2D eigenvalue weighted by molar-refractivity contribution is -0.385. The molecule has 1 N–H and O–H groups in total. The van der Waals surface area contributed by atoms with E-state index in [0.29, 0.717) is 5.56 Å². The number of hydrogen-bond donors (Lipinski definition) is 1. The third-order valence-electron chi connectivity index (χ3n) is 3.73. The third-order valence-corrected chi connectivity index (χ3v) is 5.63. The van der Waals surface area contributed by atoms with Crippen molar-refractivity contribution in [3.8, 4) is 0 Å². The molecule has 1 heterocycles. The average Bonchev–Trinajstić information content (AvgIpc) is 2.99. The molecule has 1 aliphatic carbocycles. The maximum atomic E-state index is 10.9. The Labute approximate surface area is 135 Å². The molecule has 0 spiro atoms. The zero-order valence-corrected chi connectivity index (χ0v) is 14.0. The summed E-state index contributed by atoms with van der Waals surface area (Å²) >= 11 is 5.28. The van der Waals surface area contributed by atoms with E-state index in [1.807, 2.05) is 17.4 Å². The van der Waals surface area contributed by atoms with E-state index in [9.17, 15) is 10.1 Å². The lowest BCUT2D eigenvalue weighted by atomic mass is 10.2. The fourth-order valence-corrected chi connectivity index (χ4v) is 4.34. The van der Waals surface area contributed by atoms with Crippen LogP contribution in [0, 0.1) is 17.0 Å². The monoisotopic (exact) mass is 366 g/mol. The standard InChI is InChI=1S/C15H15BrN2O2S/c1-9-5-13(12(16)7-14(9)18(19)20)17-8-11-6-10-3-2-4-15(10)21-11/h5-7,17H,2-4,8H2,1H3. The van der Waals surface area contributed by atoms with Crippen molar-refractivity contribution < 1.29 is 4.92 Å². The number of nitro benzene ring substituents is 1. The number of anilines is 1. The summed E-state index contributed by atoms with van der Waals surface area (Å²) in [6, 6.07) is 5.67. The highest BCUT2D eigenvalue weighted by Crippen LogP contribution is 2.33. The molecule has 1 aromatic carbocycles. The molecule has 1 aliphatic rings. The molecule has 0 saturated carbocycles. The molecule has 0 fully saturated rings. The summed E-state index contributed by atoms with van der Waals surface area (Å²) in [5, 5.41) is 14.3. The number of hydrogen-bond acceptors (Lipinski definition) is 4. The van der Waals surface area contributed by atoms with Crippen molar-refractivity contribution in [3.05, 3.63) is 53.7 Å². The normalized spacial score (nSPS) is 13.2. The first kappa shape index (κ1) is 14.5. The van der Waals surface area contributed by atoms with Gasteiger partial charge in [-0.2, -0.15) is 0 Å². The molecule has 21 heavy (non-hydrogen) atoms. The Kier molecular flexibility index (Phi) is 3.99. The van der Waals surface area contributed by atoms with Gasteiger partial charge in [0.15, 0.2) is 0 Å². The summed E-state index contributed by atoms with van der Waals surface area (Å²) in [5.74, 6) is 0. The van der Waals surface area contributed by atoms with Gasteiger partial charge < -0.3 is 5.32 Å². The highest BCUT2D eigenvalue weighted by molar-refractivity contribution is 9.10. The molecule has 1 aromatic heterocycles. The smallest absolute Gasteiger partial charge is 0.273 e. The zero-order valence-electron chi connectivity index (χ0n) is 11.6. The molecule has 4 nitrogen and oxygen atoms in total. The molecule has 3 rings (SSSR count). The summed E-state index contributed by atoms with van der Waals surface area (Å²) in [4.78, 5) is 13.4. The van der Waals surface area contributed by atoms with E-state index in [1.54, 1.807) is 13.0 Å². The quantitative estimate of drug-likeness (QED) is 0.622. The fourth-order valence-electron chi connectivity index (χ4n) is 2.66. The molecule has 2 aromatic rings. The van der Waals surface area contributed by atoms with E-state index >= 15 is 0 Å². The van der Waals surface area contributed by atoms with Gasteiger partial charge in [0.25, 0.3) is 5.69 Å². The second-order valence-corrected chi connectivity index (χ2v) is 7.32. The van der Waals surface area contributed by atoms with Gasteiger partial charge in [-0.1, -0.05) is 0 Å². The van der Waals surface area contributed by atoms with Gasteiger partial charge in [-0.15, -0.1) is 11.3 Å². The van der Waals surface area contributed by atoms with Gasteiger partial charge in [-0.25, -0.2) is 0 Å². The van der Waals surface area contributed by atoms with Gasteiger partial charge in [0.2, 0.25) is 0 Å². The summed E-state index contributed by atoms with van der Waals surface area (Å²) < 4.78 is 0.726. The van der Waals surface area contributed by atoms with Crippen LogP contribution in [0.5, 0.6) is 0 Å². The minimum Gasteiger partial charge on any atom is -0.379 e. The highest BCUT2D eigenvalue weighted by atomic mass is 79.9. The Hall–Kier alpha value is -1.40. The van der Waals surface area contributed by atoms with E-state index in [-0.39, 0.29) is 10.6 Å². The zero-order chi connectivity index (χ0) is 15.0. The summed E-state index contributed by atoms with van der Waals surface area (Å²) in [6.45, 7) is 2.52. The Balaban J connectivity index is 1.75. The van der Waals surface area contributed by atoms with Crippen LogP contribution in [0.4, 0.5) is 11.4 Å². The van der Waals surface area contributed by atoms with Crippen molar-refractivity contribution in [2.45, 2.75) is 32.7 Å². The van der Waals surface area contributed by atoms with Crippen molar-refractivity contribution in [1.82, 2.24) is 0 Å². The van der Waals surface area contributed by atoms with Crippen molar-refractivity contribution >= 4 is 38.6 Å². The van der Waals surface area contributed by atoms with Crippen LogP contribution < -0.4 is 5.32 Å². The minimum absolute atomic E-state index is 0.141. The SMILES string of the molecule is Cc1cc(NCc2cc3c(s2)CCC3)c(Br)cc1[N+](=O)[O-]. The van der Waals surface area contributed by atoms with Crippen molar-refractivity contribution in [2.75, 3.05) is 5.32 Å². The number of benzene rings is 1. The summed E-state index contributed by atoms with van der Waals surface area (Å²) in [7, 11) is 0. The fraction of sp³-hybridized carbons (Fsp3) is 0.333. The number of nitrogens with one attached hydrogen (secondary N) is 1. The molecular formula is C15H15BrN2O2S. The Morgan fingerprint density at radius 3 is 2.90 bits per heavy atom. The molecule has 110 valence electrons. The number of nitro groups is 1. The molecule has 0 saturated heterocycles. The second kappa shape index (κ2) is 5.77. The van der Waals surface area contributed by atoms with Crippen LogP contribution in [0.2, 0.25) is 0 Å². The number of halogens is 1. The Morgan fingerprint density at radius 1 is 1.38 bits per heavy atom. The van der Waals surface area contributed by atoms with Crippen molar-refractivity contribution in [3.63, 3.8) is 0 Å². The molecule has 0 amide bonds. The Morgan fingerprint density at radius 2 is 2.19 bits per heavy atom. The Bertz CT molecular complexity index is 690. The minimum atomic E-state index is -0.353. The van der Waals surface area contributed by atoms with E-state index in [4.69, 9.17) is 0 Å². The van der Waals surface area contributed by atoms with Gasteiger partial charge in [-0.3, -0.25) is 10.1 Å². The number of rotatable bonds is 4. The third kappa shape index (κ3) is 2.96. The molecule has 0 aliphatic heterocycles. The average molecular weight is 367 g/mol. The highest BCUT2D eigenvalue weighted by Gasteiger charge is 2.16. The van der Waals surface area contributed by atoms with Crippen LogP contribution in [-0.4, -0.2) is 4.92 Å². The maximum Gasteiger partial charge on any atom is 0.273 e. The molecule has 0 radical (unpaired) electrons. The lowest BCUT2D eigenvalue weighted by Crippen LogP contribution is -2.00. The number of thiophene rings is 1. The molecule has 0 unspecified atom stereocenters. The molecule has 6 heteroatoms. The number of fused-ring (bicyclic) bond motifs is 1. The van der Waals surface area contributed by atoms with Crippen LogP contribution in [0.25, 0.3) is 0 Å². The molecular weight excluding hydrogens is 352 g/mol. The predicted octanol–water partition coefficient (Wildman–Crippen LogP) is 4.83. The number of nitrogens with zero attached hydrogens (tertiary/aromatic N) is 1. The second-order valence-electron chi connectivity index (χ2n) is 5.24. The van der Waals surface area contributed by atoms with Crippen LogP contribution in [0.1, 0.15) is 27.3 Å². The first-order valence-electron chi connectivity index (χ1n) is 6.83. The topological polar surface area (TPSA) is 55.2 Å². The van der Waals surface area contributed by atoms with Gasteiger partial charge in [0.1, 0.15) is 0 Å². The van der Waals surface area contributed by atoms with E-state index < -0.39 is 0 Å². The van der Waals surface area contributed by atoms with Gasteiger partial charge in [0.05, 0.1) is 4.92 Å². The number of aryl methyl sites for hydroxylation is 3. The van der Waals surface area contributed by atoms with Crippen LogP contribution in [0.15, 0.2) is 22.7 Å². The summed E-state index contributed by atoms with van der Waals surface area (Å²) in [5.41, 5.74) is 3.20. The van der Waals surface area contributed by atoms with Crippen molar-refractivity contribution in [2.24, 2.45) is 0 Å². The molecule has 0 bridgehead atoms. The van der Waals surface area contributed by atoms with Gasteiger partial charge in [-0.05, 0) is 59.8 Å². The van der Waals surface area contributed by atoms with Crippen LogP contribution >= 0.6 is 27.3 Å². The molecule has 0 atom stereocenters.